The van der Waals surface area contributed by atoms with Gasteiger partial charge in [-0.25, -0.2) is 4.98 Å². The van der Waals surface area contributed by atoms with Crippen LogP contribution in [0.3, 0.4) is 0 Å². The standard InChI is InChI=1S/C12H15N3O/c13-11-4-1-5-12-14-9(8-15(11)12)7-10-3-2-6-16-10/h2-3,6,8,11H,1,4-5,7,13H2. The molecule has 1 atom stereocenters. The molecule has 84 valence electrons. The van der Waals surface area contributed by atoms with Crippen LogP contribution >= 0.6 is 0 Å². The molecule has 0 spiro atoms. The van der Waals surface area contributed by atoms with Crippen molar-refractivity contribution in [3.8, 4) is 0 Å². The van der Waals surface area contributed by atoms with Gasteiger partial charge in [0.1, 0.15) is 11.6 Å². The summed E-state index contributed by atoms with van der Waals surface area (Å²) in [5.74, 6) is 2.06. The van der Waals surface area contributed by atoms with Crippen LogP contribution in [0, 0.1) is 0 Å². The Kier molecular flexibility index (Phi) is 2.29. The summed E-state index contributed by atoms with van der Waals surface area (Å²) in [6.07, 6.45) is 7.81. The van der Waals surface area contributed by atoms with E-state index in [1.807, 2.05) is 12.1 Å². The van der Waals surface area contributed by atoms with E-state index >= 15 is 0 Å². The van der Waals surface area contributed by atoms with Gasteiger partial charge in [-0.05, 0) is 25.0 Å². The minimum absolute atomic E-state index is 0.0987. The summed E-state index contributed by atoms with van der Waals surface area (Å²) >= 11 is 0. The van der Waals surface area contributed by atoms with Gasteiger partial charge in [-0.3, -0.25) is 0 Å². The van der Waals surface area contributed by atoms with E-state index in [1.165, 1.54) is 0 Å². The largest absolute Gasteiger partial charge is 0.469 e. The van der Waals surface area contributed by atoms with Crippen molar-refractivity contribution in [3.05, 3.63) is 41.9 Å². The van der Waals surface area contributed by atoms with Crippen LogP contribution in [-0.4, -0.2) is 9.55 Å². The van der Waals surface area contributed by atoms with Crippen LogP contribution in [0.25, 0.3) is 0 Å². The van der Waals surface area contributed by atoms with E-state index in [2.05, 4.69) is 15.7 Å². The molecular formula is C12H15N3O. The molecule has 0 saturated heterocycles. The van der Waals surface area contributed by atoms with E-state index in [1.54, 1.807) is 6.26 Å². The summed E-state index contributed by atoms with van der Waals surface area (Å²) < 4.78 is 7.41. The van der Waals surface area contributed by atoms with Crippen LogP contribution in [0.4, 0.5) is 0 Å². The predicted octanol–water partition coefficient (Wildman–Crippen LogP) is 1.86. The number of rotatable bonds is 2. The zero-order chi connectivity index (χ0) is 11.0. The second-order valence-electron chi connectivity index (χ2n) is 4.27. The molecule has 2 aromatic heterocycles. The van der Waals surface area contributed by atoms with Crippen LogP contribution in [-0.2, 0) is 12.8 Å². The summed E-state index contributed by atoms with van der Waals surface area (Å²) in [6.45, 7) is 0. The molecule has 3 rings (SSSR count). The number of nitrogens with zero attached hydrogens (tertiary/aromatic N) is 2. The zero-order valence-electron chi connectivity index (χ0n) is 9.10. The molecule has 2 aromatic rings. The van der Waals surface area contributed by atoms with Crippen molar-refractivity contribution in [3.63, 3.8) is 0 Å². The first-order valence-corrected chi connectivity index (χ1v) is 5.67. The normalized spacial score (nSPS) is 19.7. The van der Waals surface area contributed by atoms with Crippen LogP contribution in [0.5, 0.6) is 0 Å². The highest BCUT2D eigenvalue weighted by atomic mass is 16.3. The molecule has 0 amide bonds. The predicted molar refractivity (Wildman–Crippen MR) is 59.9 cm³/mol. The number of imidazole rings is 1. The highest BCUT2D eigenvalue weighted by Gasteiger charge is 2.18. The molecule has 0 saturated carbocycles. The van der Waals surface area contributed by atoms with Gasteiger partial charge in [0.15, 0.2) is 0 Å². The van der Waals surface area contributed by atoms with E-state index < -0.39 is 0 Å². The molecule has 4 heteroatoms. The Morgan fingerprint density at radius 1 is 1.56 bits per heavy atom. The van der Waals surface area contributed by atoms with Gasteiger partial charge in [-0.15, -0.1) is 0 Å². The molecule has 4 nitrogen and oxygen atoms in total. The second kappa shape index (κ2) is 3.79. The molecular weight excluding hydrogens is 202 g/mol. The lowest BCUT2D eigenvalue weighted by molar-refractivity contribution is 0.408. The number of nitrogens with two attached hydrogens (primary N) is 1. The third-order valence-electron chi connectivity index (χ3n) is 3.05. The first kappa shape index (κ1) is 9.66. The van der Waals surface area contributed by atoms with E-state index in [9.17, 15) is 0 Å². The van der Waals surface area contributed by atoms with Gasteiger partial charge in [-0.1, -0.05) is 0 Å². The molecule has 0 fully saturated rings. The average molecular weight is 217 g/mol. The van der Waals surface area contributed by atoms with E-state index in [0.717, 1.165) is 43.0 Å². The molecule has 0 aromatic carbocycles. The van der Waals surface area contributed by atoms with Gasteiger partial charge >= 0.3 is 0 Å². The molecule has 1 aliphatic heterocycles. The van der Waals surface area contributed by atoms with Crippen molar-refractivity contribution in [2.75, 3.05) is 0 Å². The first-order chi connectivity index (χ1) is 7.83. The molecule has 0 aliphatic carbocycles. The molecule has 3 heterocycles. The Labute approximate surface area is 94.1 Å². The smallest absolute Gasteiger partial charge is 0.110 e. The lowest BCUT2D eigenvalue weighted by Gasteiger charge is -2.20. The number of aryl methyl sites for hydroxylation is 1. The molecule has 1 aliphatic rings. The van der Waals surface area contributed by atoms with Crippen LogP contribution in [0.2, 0.25) is 0 Å². The topological polar surface area (TPSA) is 57.0 Å². The Bertz CT molecular complexity index is 472. The Morgan fingerprint density at radius 3 is 3.25 bits per heavy atom. The highest BCUT2D eigenvalue weighted by Crippen LogP contribution is 2.21. The quantitative estimate of drug-likeness (QED) is 0.835. The summed E-state index contributed by atoms with van der Waals surface area (Å²) in [4.78, 5) is 4.60. The Morgan fingerprint density at radius 2 is 2.50 bits per heavy atom. The van der Waals surface area contributed by atoms with Crippen molar-refractivity contribution in [1.82, 2.24) is 9.55 Å². The van der Waals surface area contributed by atoms with Crippen molar-refractivity contribution in [1.29, 1.82) is 0 Å². The minimum Gasteiger partial charge on any atom is -0.469 e. The van der Waals surface area contributed by atoms with Gasteiger partial charge in [-0.2, -0.15) is 0 Å². The number of furan rings is 1. The average Bonchev–Trinajstić information content (AvgIpc) is 2.88. The maximum Gasteiger partial charge on any atom is 0.110 e. The molecule has 1 unspecified atom stereocenters. The fourth-order valence-corrected chi connectivity index (χ4v) is 2.24. The Hall–Kier alpha value is -1.55. The van der Waals surface area contributed by atoms with Gasteiger partial charge < -0.3 is 14.7 Å². The maximum absolute atomic E-state index is 6.03. The number of hydrogen-bond acceptors (Lipinski definition) is 3. The fraction of sp³-hybridized carbons (Fsp3) is 0.417. The number of fused-ring (bicyclic) bond motifs is 1. The van der Waals surface area contributed by atoms with E-state index in [-0.39, 0.29) is 6.17 Å². The molecule has 2 N–H and O–H groups in total. The lowest BCUT2D eigenvalue weighted by Crippen LogP contribution is -2.24. The second-order valence-corrected chi connectivity index (χ2v) is 4.27. The van der Waals surface area contributed by atoms with Crippen molar-refractivity contribution < 1.29 is 4.42 Å². The first-order valence-electron chi connectivity index (χ1n) is 5.67. The SMILES string of the molecule is NC1CCCc2nc(Cc3ccco3)cn21. The molecule has 0 radical (unpaired) electrons. The Balaban J connectivity index is 1.87. The van der Waals surface area contributed by atoms with Gasteiger partial charge in [0.05, 0.1) is 18.1 Å². The zero-order valence-corrected chi connectivity index (χ0v) is 9.10. The number of hydrogen-bond donors (Lipinski definition) is 1. The summed E-state index contributed by atoms with van der Waals surface area (Å²) in [7, 11) is 0. The van der Waals surface area contributed by atoms with Crippen LogP contribution in [0.1, 0.15) is 36.3 Å². The van der Waals surface area contributed by atoms with Crippen molar-refractivity contribution in [2.45, 2.75) is 31.8 Å². The third kappa shape index (κ3) is 1.65. The lowest BCUT2D eigenvalue weighted by atomic mass is 10.1. The van der Waals surface area contributed by atoms with Gasteiger partial charge in [0, 0.05) is 19.0 Å². The monoisotopic (exact) mass is 217 g/mol. The molecule has 16 heavy (non-hydrogen) atoms. The minimum atomic E-state index is 0.0987. The van der Waals surface area contributed by atoms with Crippen molar-refractivity contribution >= 4 is 0 Å². The summed E-state index contributed by atoms with van der Waals surface area (Å²) in [5, 5.41) is 0. The van der Waals surface area contributed by atoms with E-state index in [4.69, 9.17) is 10.2 Å². The van der Waals surface area contributed by atoms with Crippen LogP contribution in [0.15, 0.2) is 29.0 Å². The van der Waals surface area contributed by atoms with Gasteiger partial charge in [0.2, 0.25) is 0 Å². The van der Waals surface area contributed by atoms with Gasteiger partial charge in [0.25, 0.3) is 0 Å². The molecule has 0 bridgehead atoms. The van der Waals surface area contributed by atoms with E-state index in [0.29, 0.717) is 0 Å². The summed E-state index contributed by atoms with van der Waals surface area (Å²) in [6, 6.07) is 3.87. The van der Waals surface area contributed by atoms with Crippen LogP contribution < -0.4 is 5.73 Å². The highest BCUT2D eigenvalue weighted by molar-refractivity contribution is 5.14. The van der Waals surface area contributed by atoms with Crippen molar-refractivity contribution in [2.24, 2.45) is 5.73 Å². The number of aromatic nitrogens is 2. The maximum atomic E-state index is 6.03. The fourth-order valence-electron chi connectivity index (χ4n) is 2.24. The third-order valence-corrected chi connectivity index (χ3v) is 3.05. The summed E-state index contributed by atoms with van der Waals surface area (Å²) in [5.41, 5.74) is 7.08.